The van der Waals surface area contributed by atoms with Gasteiger partial charge < -0.3 is 15.2 Å². The quantitative estimate of drug-likeness (QED) is 0.810. The van der Waals surface area contributed by atoms with Gasteiger partial charge in [-0.25, -0.2) is 0 Å². The second-order valence-electron chi connectivity index (χ2n) is 5.84. The Kier molecular flexibility index (Phi) is 5.76. The molecular weight excluding hydrogens is 270 g/mol. The van der Waals surface area contributed by atoms with E-state index in [1.54, 1.807) is 20.8 Å². The zero-order valence-electron chi connectivity index (χ0n) is 13.0. The molecule has 0 spiro atoms. The van der Waals surface area contributed by atoms with Crippen molar-refractivity contribution in [3.05, 3.63) is 29.8 Å². The Bertz CT molecular complexity index is 494. The van der Waals surface area contributed by atoms with E-state index in [2.05, 4.69) is 5.32 Å². The van der Waals surface area contributed by atoms with E-state index >= 15 is 0 Å². The Hall–Kier alpha value is -2.04. The van der Waals surface area contributed by atoms with Gasteiger partial charge in [0.25, 0.3) is 5.91 Å². The van der Waals surface area contributed by atoms with Gasteiger partial charge >= 0.3 is 5.97 Å². The van der Waals surface area contributed by atoms with Gasteiger partial charge in [-0.1, -0.05) is 17.7 Å². The summed E-state index contributed by atoms with van der Waals surface area (Å²) >= 11 is 0. The molecule has 0 aliphatic carbocycles. The summed E-state index contributed by atoms with van der Waals surface area (Å²) in [5.74, 6) is -0.501. The van der Waals surface area contributed by atoms with E-state index < -0.39 is 17.6 Å². The molecule has 0 aliphatic rings. The van der Waals surface area contributed by atoms with Gasteiger partial charge in [-0.15, -0.1) is 0 Å². The number of ether oxygens (including phenoxy) is 1. The van der Waals surface area contributed by atoms with Crippen LogP contribution in [0.5, 0.6) is 5.75 Å². The molecule has 0 radical (unpaired) electrons. The number of hydrogen-bond donors (Lipinski definition) is 2. The van der Waals surface area contributed by atoms with Gasteiger partial charge in [-0.2, -0.15) is 0 Å². The molecule has 1 rings (SSSR count). The molecule has 0 bridgehead atoms. The highest BCUT2D eigenvalue weighted by atomic mass is 16.5. The van der Waals surface area contributed by atoms with Gasteiger partial charge in [-0.3, -0.25) is 9.59 Å². The van der Waals surface area contributed by atoms with Crippen molar-refractivity contribution in [3.8, 4) is 5.75 Å². The second-order valence-corrected chi connectivity index (χ2v) is 5.84. The van der Waals surface area contributed by atoms with Crippen molar-refractivity contribution in [2.75, 3.05) is 0 Å². The first-order chi connectivity index (χ1) is 9.69. The third-order valence-corrected chi connectivity index (χ3v) is 3.13. The molecule has 5 heteroatoms. The van der Waals surface area contributed by atoms with Crippen molar-refractivity contribution in [3.63, 3.8) is 0 Å². The molecule has 116 valence electrons. The van der Waals surface area contributed by atoms with Crippen LogP contribution in [0.2, 0.25) is 0 Å². The number of carboxylic acids is 1. The molecule has 0 saturated carbocycles. The van der Waals surface area contributed by atoms with Crippen LogP contribution in [0, 0.1) is 6.92 Å². The first kappa shape index (κ1) is 17.0. The summed E-state index contributed by atoms with van der Waals surface area (Å²) in [6.45, 7) is 7.24. The predicted molar refractivity (Wildman–Crippen MR) is 80.4 cm³/mol. The smallest absolute Gasteiger partial charge is 0.303 e. The van der Waals surface area contributed by atoms with Crippen molar-refractivity contribution >= 4 is 11.9 Å². The second kappa shape index (κ2) is 7.11. The van der Waals surface area contributed by atoms with Gasteiger partial charge in [0.15, 0.2) is 6.10 Å². The van der Waals surface area contributed by atoms with Crippen LogP contribution in [0.3, 0.4) is 0 Å². The Balaban J connectivity index is 2.53. The van der Waals surface area contributed by atoms with Crippen molar-refractivity contribution < 1.29 is 19.4 Å². The maximum Gasteiger partial charge on any atom is 0.303 e. The molecule has 0 saturated heterocycles. The summed E-state index contributed by atoms with van der Waals surface area (Å²) in [5.41, 5.74) is 0.537. The van der Waals surface area contributed by atoms with Crippen LogP contribution in [0.4, 0.5) is 0 Å². The lowest BCUT2D eigenvalue weighted by Crippen LogP contribution is -2.48. The maximum atomic E-state index is 12.1. The zero-order valence-corrected chi connectivity index (χ0v) is 13.0. The molecule has 1 atom stereocenters. The fourth-order valence-electron chi connectivity index (χ4n) is 1.79. The zero-order chi connectivity index (χ0) is 16.0. The van der Waals surface area contributed by atoms with E-state index in [9.17, 15) is 9.59 Å². The van der Waals surface area contributed by atoms with Gasteiger partial charge in [0.1, 0.15) is 5.75 Å². The average Bonchev–Trinajstić information content (AvgIpc) is 2.38. The third kappa shape index (κ3) is 6.29. The summed E-state index contributed by atoms with van der Waals surface area (Å²) in [4.78, 5) is 22.7. The number of carbonyl (C=O) groups excluding carboxylic acids is 1. The van der Waals surface area contributed by atoms with Crippen molar-refractivity contribution in [2.24, 2.45) is 0 Å². The Labute approximate surface area is 125 Å². The molecule has 0 fully saturated rings. The number of nitrogens with one attached hydrogen (secondary N) is 1. The number of carboxylic acid groups (broad SMARTS) is 1. The highest BCUT2D eigenvalue weighted by Gasteiger charge is 2.25. The number of amides is 1. The molecule has 5 nitrogen and oxygen atoms in total. The SMILES string of the molecule is Cc1ccc(OC(C)C(=O)NC(C)(C)CCC(=O)O)cc1. The minimum absolute atomic E-state index is 0.0144. The van der Waals surface area contributed by atoms with Gasteiger partial charge in [-0.05, 0) is 46.2 Å². The van der Waals surface area contributed by atoms with Gasteiger partial charge in [0.05, 0.1) is 0 Å². The van der Waals surface area contributed by atoms with Crippen LogP contribution in [0.25, 0.3) is 0 Å². The lowest BCUT2D eigenvalue weighted by Gasteiger charge is -2.27. The Morgan fingerprint density at radius 1 is 1.29 bits per heavy atom. The molecule has 0 heterocycles. The number of rotatable bonds is 7. The van der Waals surface area contributed by atoms with Crippen LogP contribution in [-0.4, -0.2) is 28.6 Å². The lowest BCUT2D eigenvalue weighted by molar-refractivity contribution is -0.138. The van der Waals surface area contributed by atoms with E-state index in [1.165, 1.54) is 0 Å². The molecule has 1 aromatic rings. The minimum Gasteiger partial charge on any atom is -0.481 e. The summed E-state index contributed by atoms with van der Waals surface area (Å²) in [6, 6.07) is 7.46. The molecule has 0 aliphatic heterocycles. The predicted octanol–water partition coefficient (Wildman–Crippen LogP) is 2.52. The van der Waals surface area contributed by atoms with Crippen LogP contribution in [-0.2, 0) is 9.59 Å². The van der Waals surface area contributed by atoms with Crippen LogP contribution in [0.1, 0.15) is 39.2 Å². The maximum absolute atomic E-state index is 12.1. The molecular formula is C16H23NO4. The average molecular weight is 293 g/mol. The summed E-state index contributed by atoms with van der Waals surface area (Å²) in [5, 5.41) is 11.5. The van der Waals surface area contributed by atoms with E-state index in [0.29, 0.717) is 12.2 Å². The van der Waals surface area contributed by atoms with Gasteiger partial charge in [0, 0.05) is 12.0 Å². The third-order valence-electron chi connectivity index (χ3n) is 3.13. The molecule has 2 N–H and O–H groups in total. The number of aryl methyl sites for hydroxylation is 1. The minimum atomic E-state index is -0.874. The van der Waals surface area contributed by atoms with Crippen molar-refractivity contribution in [1.29, 1.82) is 0 Å². The number of carbonyl (C=O) groups is 2. The molecule has 21 heavy (non-hydrogen) atoms. The van der Waals surface area contributed by atoms with Crippen LogP contribution < -0.4 is 10.1 Å². The van der Waals surface area contributed by atoms with Crippen molar-refractivity contribution in [1.82, 2.24) is 5.32 Å². The standard InChI is InChI=1S/C16H23NO4/c1-11-5-7-13(8-6-11)21-12(2)15(20)17-16(3,4)10-9-14(18)19/h5-8,12H,9-10H2,1-4H3,(H,17,20)(H,18,19). The number of benzene rings is 1. The Morgan fingerprint density at radius 3 is 2.38 bits per heavy atom. The first-order valence-electron chi connectivity index (χ1n) is 6.97. The first-order valence-corrected chi connectivity index (χ1v) is 6.97. The molecule has 0 aromatic heterocycles. The topological polar surface area (TPSA) is 75.6 Å². The normalized spacial score (nSPS) is 12.6. The highest BCUT2D eigenvalue weighted by Crippen LogP contribution is 2.15. The number of hydrogen-bond acceptors (Lipinski definition) is 3. The van der Waals surface area contributed by atoms with Crippen LogP contribution >= 0.6 is 0 Å². The largest absolute Gasteiger partial charge is 0.481 e. The summed E-state index contributed by atoms with van der Waals surface area (Å²) in [7, 11) is 0. The fourth-order valence-corrected chi connectivity index (χ4v) is 1.79. The molecule has 1 unspecified atom stereocenters. The highest BCUT2D eigenvalue weighted by molar-refractivity contribution is 5.81. The van der Waals surface area contributed by atoms with E-state index in [0.717, 1.165) is 5.56 Å². The van der Waals surface area contributed by atoms with E-state index in [1.807, 2.05) is 31.2 Å². The Morgan fingerprint density at radius 2 is 1.86 bits per heavy atom. The lowest BCUT2D eigenvalue weighted by atomic mass is 9.98. The summed E-state index contributed by atoms with van der Waals surface area (Å²) < 4.78 is 5.57. The molecule has 1 amide bonds. The van der Waals surface area contributed by atoms with Gasteiger partial charge in [0.2, 0.25) is 0 Å². The van der Waals surface area contributed by atoms with Crippen molar-refractivity contribution in [2.45, 2.75) is 52.2 Å². The summed E-state index contributed by atoms with van der Waals surface area (Å²) in [6.07, 6.45) is -0.261. The number of aliphatic carboxylic acids is 1. The fraction of sp³-hybridized carbons (Fsp3) is 0.500. The monoisotopic (exact) mass is 293 g/mol. The molecule has 1 aromatic carbocycles. The van der Waals surface area contributed by atoms with E-state index in [-0.39, 0.29) is 12.3 Å². The van der Waals surface area contributed by atoms with E-state index in [4.69, 9.17) is 9.84 Å². The van der Waals surface area contributed by atoms with Crippen LogP contribution in [0.15, 0.2) is 24.3 Å².